The third-order valence-electron chi connectivity index (χ3n) is 3.23. The van der Waals surface area contributed by atoms with Gasteiger partial charge in [-0.3, -0.25) is 4.99 Å². The number of guanidine groups is 1. The standard InChI is InChI=1S/C13H22N6/c1-3-12-18-16-10-19(12)9-8-15-13(14-2)17-11-6-4-5-7-11/h4-5,10-11H,3,6-9H2,1-2H3,(H2,14,15,17). The molecule has 0 unspecified atom stereocenters. The predicted octanol–water partition coefficient (Wildman–Crippen LogP) is 0.724. The summed E-state index contributed by atoms with van der Waals surface area (Å²) in [6, 6.07) is 0.479. The lowest BCUT2D eigenvalue weighted by molar-refractivity contribution is 0.605. The summed E-state index contributed by atoms with van der Waals surface area (Å²) < 4.78 is 2.07. The van der Waals surface area contributed by atoms with Crippen LogP contribution in [0.25, 0.3) is 0 Å². The highest BCUT2D eigenvalue weighted by Crippen LogP contribution is 2.08. The number of nitrogens with zero attached hydrogens (tertiary/aromatic N) is 4. The second-order valence-corrected chi connectivity index (χ2v) is 4.58. The lowest BCUT2D eigenvalue weighted by Gasteiger charge is -2.17. The van der Waals surface area contributed by atoms with Gasteiger partial charge in [0.05, 0.1) is 0 Å². The fourth-order valence-corrected chi connectivity index (χ4v) is 2.16. The van der Waals surface area contributed by atoms with Crippen molar-refractivity contribution in [2.75, 3.05) is 13.6 Å². The van der Waals surface area contributed by atoms with Crippen molar-refractivity contribution < 1.29 is 0 Å². The van der Waals surface area contributed by atoms with Gasteiger partial charge >= 0.3 is 0 Å². The van der Waals surface area contributed by atoms with Crippen LogP contribution in [0.4, 0.5) is 0 Å². The first-order valence-corrected chi connectivity index (χ1v) is 6.82. The molecule has 0 saturated heterocycles. The van der Waals surface area contributed by atoms with Crippen LogP contribution in [-0.4, -0.2) is 40.4 Å². The van der Waals surface area contributed by atoms with Crippen molar-refractivity contribution in [2.45, 2.75) is 38.8 Å². The third-order valence-corrected chi connectivity index (χ3v) is 3.23. The molecule has 0 spiro atoms. The highest BCUT2D eigenvalue weighted by atomic mass is 15.3. The van der Waals surface area contributed by atoms with Crippen LogP contribution in [0.1, 0.15) is 25.6 Å². The number of aryl methyl sites for hydroxylation is 1. The van der Waals surface area contributed by atoms with Gasteiger partial charge in [0.25, 0.3) is 0 Å². The van der Waals surface area contributed by atoms with E-state index in [4.69, 9.17) is 0 Å². The minimum absolute atomic E-state index is 0.479. The average Bonchev–Trinajstić information content (AvgIpc) is 3.08. The molecule has 0 bridgehead atoms. The fourth-order valence-electron chi connectivity index (χ4n) is 2.16. The smallest absolute Gasteiger partial charge is 0.191 e. The Bertz CT molecular complexity index is 440. The van der Waals surface area contributed by atoms with Gasteiger partial charge in [-0.2, -0.15) is 0 Å². The Morgan fingerprint density at radius 1 is 1.47 bits per heavy atom. The molecule has 19 heavy (non-hydrogen) atoms. The van der Waals surface area contributed by atoms with E-state index in [0.29, 0.717) is 6.04 Å². The van der Waals surface area contributed by atoms with E-state index < -0.39 is 0 Å². The molecule has 0 amide bonds. The van der Waals surface area contributed by atoms with Crippen molar-refractivity contribution in [2.24, 2.45) is 4.99 Å². The van der Waals surface area contributed by atoms with Gasteiger partial charge in [-0.25, -0.2) is 0 Å². The fraction of sp³-hybridized carbons (Fsp3) is 0.615. The highest BCUT2D eigenvalue weighted by Gasteiger charge is 2.11. The summed E-state index contributed by atoms with van der Waals surface area (Å²) in [4.78, 5) is 4.24. The highest BCUT2D eigenvalue weighted by molar-refractivity contribution is 5.80. The molecule has 6 heteroatoms. The normalized spacial score (nSPS) is 16.0. The van der Waals surface area contributed by atoms with E-state index in [1.807, 2.05) is 0 Å². The summed E-state index contributed by atoms with van der Waals surface area (Å²) >= 11 is 0. The van der Waals surface area contributed by atoms with Crippen LogP contribution in [0.15, 0.2) is 23.5 Å². The van der Waals surface area contributed by atoms with Gasteiger partial charge in [0.2, 0.25) is 0 Å². The topological polar surface area (TPSA) is 67.1 Å². The van der Waals surface area contributed by atoms with E-state index in [-0.39, 0.29) is 0 Å². The Morgan fingerprint density at radius 3 is 2.95 bits per heavy atom. The van der Waals surface area contributed by atoms with Crippen molar-refractivity contribution in [1.29, 1.82) is 0 Å². The minimum atomic E-state index is 0.479. The molecule has 2 rings (SSSR count). The SMILES string of the molecule is CCc1nncn1CCNC(=NC)NC1CC=CC1. The number of hydrogen-bond donors (Lipinski definition) is 2. The lowest BCUT2D eigenvalue weighted by Crippen LogP contribution is -2.43. The molecule has 2 N–H and O–H groups in total. The second-order valence-electron chi connectivity index (χ2n) is 4.58. The maximum atomic E-state index is 4.24. The van der Waals surface area contributed by atoms with Crippen LogP contribution in [0.2, 0.25) is 0 Å². The van der Waals surface area contributed by atoms with E-state index in [2.05, 4.69) is 49.5 Å². The number of hydrogen-bond acceptors (Lipinski definition) is 3. The lowest BCUT2D eigenvalue weighted by atomic mass is 10.2. The van der Waals surface area contributed by atoms with Gasteiger partial charge in [0, 0.05) is 32.6 Å². The van der Waals surface area contributed by atoms with Gasteiger partial charge in [-0.1, -0.05) is 19.1 Å². The van der Waals surface area contributed by atoms with E-state index in [0.717, 1.165) is 44.1 Å². The number of nitrogens with one attached hydrogen (secondary N) is 2. The van der Waals surface area contributed by atoms with Gasteiger partial charge in [0.1, 0.15) is 12.2 Å². The van der Waals surface area contributed by atoms with Crippen LogP contribution in [0, 0.1) is 0 Å². The van der Waals surface area contributed by atoms with Crippen LogP contribution in [0.5, 0.6) is 0 Å². The Hall–Kier alpha value is -1.85. The zero-order valence-corrected chi connectivity index (χ0v) is 11.6. The first-order valence-electron chi connectivity index (χ1n) is 6.82. The molecule has 0 aliphatic heterocycles. The summed E-state index contributed by atoms with van der Waals surface area (Å²) in [6.07, 6.45) is 9.24. The summed E-state index contributed by atoms with van der Waals surface area (Å²) in [5, 5.41) is 14.7. The molecule has 0 atom stereocenters. The molecule has 1 heterocycles. The van der Waals surface area contributed by atoms with Crippen molar-refractivity contribution in [3.63, 3.8) is 0 Å². The van der Waals surface area contributed by atoms with Crippen molar-refractivity contribution in [3.05, 3.63) is 24.3 Å². The van der Waals surface area contributed by atoms with Crippen LogP contribution in [-0.2, 0) is 13.0 Å². The second kappa shape index (κ2) is 6.92. The molecule has 104 valence electrons. The first-order chi connectivity index (χ1) is 9.33. The molecule has 0 radical (unpaired) electrons. The van der Waals surface area contributed by atoms with Gasteiger partial charge in [-0.15, -0.1) is 10.2 Å². The zero-order chi connectivity index (χ0) is 13.5. The van der Waals surface area contributed by atoms with Gasteiger partial charge in [-0.05, 0) is 12.8 Å². The molecule has 0 saturated carbocycles. The molecule has 1 aromatic rings. The van der Waals surface area contributed by atoms with Crippen LogP contribution >= 0.6 is 0 Å². The Kier molecular flexibility index (Phi) is 4.94. The monoisotopic (exact) mass is 262 g/mol. The maximum absolute atomic E-state index is 4.24. The number of aliphatic imine (C=N–C) groups is 1. The average molecular weight is 262 g/mol. The molecule has 0 fully saturated rings. The summed E-state index contributed by atoms with van der Waals surface area (Å²) in [5.41, 5.74) is 0. The van der Waals surface area contributed by atoms with Crippen molar-refractivity contribution in [3.8, 4) is 0 Å². The van der Waals surface area contributed by atoms with E-state index in [9.17, 15) is 0 Å². The molecule has 6 nitrogen and oxygen atoms in total. The Morgan fingerprint density at radius 2 is 2.26 bits per heavy atom. The molecule has 1 aliphatic rings. The van der Waals surface area contributed by atoms with E-state index >= 15 is 0 Å². The zero-order valence-electron chi connectivity index (χ0n) is 11.6. The number of aromatic nitrogens is 3. The first kappa shape index (κ1) is 13.6. The molecular weight excluding hydrogens is 240 g/mol. The number of rotatable bonds is 5. The minimum Gasteiger partial charge on any atom is -0.355 e. The molecule has 0 aromatic carbocycles. The van der Waals surface area contributed by atoms with Gasteiger partial charge in [0.15, 0.2) is 5.96 Å². The van der Waals surface area contributed by atoms with E-state index in [1.54, 1.807) is 13.4 Å². The van der Waals surface area contributed by atoms with E-state index in [1.165, 1.54) is 0 Å². The Balaban J connectivity index is 1.74. The largest absolute Gasteiger partial charge is 0.355 e. The molecular formula is C13H22N6. The quantitative estimate of drug-likeness (QED) is 0.466. The maximum Gasteiger partial charge on any atom is 0.191 e. The summed E-state index contributed by atoms with van der Waals surface area (Å²) in [6.45, 7) is 3.74. The van der Waals surface area contributed by atoms with Crippen LogP contribution < -0.4 is 10.6 Å². The Labute approximate surface area is 114 Å². The van der Waals surface area contributed by atoms with Crippen LogP contribution in [0.3, 0.4) is 0 Å². The summed E-state index contributed by atoms with van der Waals surface area (Å²) in [7, 11) is 1.80. The summed E-state index contributed by atoms with van der Waals surface area (Å²) in [5.74, 6) is 1.88. The van der Waals surface area contributed by atoms with Gasteiger partial charge < -0.3 is 15.2 Å². The molecule has 1 aromatic heterocycles. The van der Waals surface area contributed by atoms with Crippen molar-refractivity contribution >= 4 is 5.96 Å². The predicted molar refractivity (Wildman–Crippen MR) is 76.1 cm³/mol. The third kappa shape index (κ3) is 3.81. The molecule has 1 aliphatic carbocycles. The van der Waals surface area contributed by atoms with Crippen molar-refractivity contribution in [1.82, 2.24) is 25.4 Å².